The van der Waals surface area contributed by atoms with E-state index in [4.69, 9.17) is 5.11 Å². The van der Waals surface area contributed by atoms with Crippen molar-refractivity contribution in [1.82, 2.24) is 10.2 Å². The maximum atomic E-state index is 11.8. The van der Waals surface area contributed by atoms with Gasteiger partial charge >= 0.3 is 6.03 Å². The van der Waals surface area contributed by atoms with Crippen molar-refractivity contribution in [3.63, 3.8) is 0 Å². The topological polar surface area (TPSA) is 89.9 Å². The summed E-state index contributed by atoms with van der Waals surface area (Å²) in [5.74, 6) is -0.651. The van der Waals surface area contributed by atoms with Crippen LogP contribution in [0.1, 0.15) is 10.4 Å². The Labute approximate surface area is 91.1 Å². The molecule has 0 spiro atoms. The SMILES string of the molecule is O=C1N[C@@H](O)[C@H](O)N1C(=O)c1ccccc1. The molecule has 1 heterocycles. The first-order valence-corrected chi connectivity index (χ1v) is 4.66. The van der Waals surface area contributed by atoms with Crippen LogP contribution in [0.5, 0.6) is 0 Å². The Morgan fingerprint density at radius 2 is 1.88 bits per heavy atom. The van der Waals surface area contributed by atoms with Crippen LogP contribution in [0.4, 0.5) is 4.79 Å². The van der Waals surface area contributed by atoms with E-state index in [1.165, 1.54) is 12.1 Å². The number of carbonyl (C=O) groups excluding carboxylic acids is 2. The highest BCUT2D eigenvalue weighted by atomic mass is 16.4. The van der Waals surface area contributed by atoms with Gasteiger partial charge in [0.2, 0.25) is 0 Å². The number of amides is 3. The van der Waals surface area contributed by atoms with Gasteiger partial charge in [0.25, 0.3) is 5.91 Å². The third-order valence-corrected chi connectivity index (χ3v) is 2.28. The van der Waals surface area contributed by atoms with E-state index in [9.17, 15) is 14.7 Å². The molecule has 84 valence electrons. The number of imide groups is 1. The van der Waals surface area contributed by atoms with Crippen LogP contribution in [0.2, 0.25) is 0 Å². The molecule has 1 aliphatic rings. The molecule has 1 aliphatic heterocycles. The molecule has 6 heteroatoms. The molecule has 1 aromatic carbocycles. The van der Waals surface area contributed by atoms with Crippen LogP contribution in [-0.4, -0.2) is 39.5 Å². The average molecular weight is 222 g/mol. The first-order chi connectivity index (χ1) is 7.61. The van der Waals surface area contributed by atoms with Gasteiger partial charge < -0.3 is 15.5 Å². The van der Waals surface area contributed by atoms with E-state index in [0.29, 0.717) is 4.90 Å². The summed E-state index contributed by atoms with van der Waals surface area (Å²) in [7, 11) is 0. The van der Waals surface area contributed by atoms with Gasteiger partial charge in [0.1, 0.15) is 0 Å². The molecule has 0 unspecified atom stereocenters. The van der Waals surface area contributed by atoms with Crippen LogP contribution in [0.25, 0.3) is 0 Å². The zero-order valence-electron chi connectivity index (χ0n) is 8.20. The number of rotatable bonds is 1. The monoisotopic (exact) mass is 222 g/mol. The molecule has 0 bridgehead atoms. The largest absolute Gasteiger partial charge is 0.369 e. The molecule has 2 rings (SSSR count). The Morgan fingerprint density at radius 3 is 2.38 bits per heavy atom. The molecule has 3 amide bonds. The molecule has 0 radical (unpaired) electrons. The Bertz CT molecular complexity index is 420. The number of aliphatic hydroxyl groups excluding tert-OH is 2. The fourth-order valence-corrected chi connectivity index (χ4v) is 1.46. The number of aliphatic hydroxyl groups is 2. The van der Waals surface area contributed by atoms with E-state index in [1.807, 2.05) is 5.32 Å². The number of carbonyl (C=O) groups is 2. The second-order valence-electron chi connectivity index (χ2n) is 3.35. The Kier molecular flexibility index (Phi) is 2.59. The first-order valence-electron chi connectivity index (χ1n) is 4.66. The molecule has 0 saturated carbocycles. The van der Waals surface area contributed by atoms with Crippen molar-refractivity contribution < 1.29 is 19.8 Å². The van der Waals surface area contributed by atoms with Crippen LogP contribution < -0.4 is 5.32 Å². The van der Waals surface area contributed by atoms with E-state index in [-0.39, 0.29) is 5.56 Å². The van der Waals surface area contributed by atoms with Crippen LogP contribution in [0, 0.1) is 0 Å². The first kappa shape index (κ1) is 10.6. The zero-order valence-corrected chi connectivity index (χ0v) is 8.20. The third-order valence-electron chi connectivity index (χ3n) is 2.28. The van der Waals surface area contributed by atoms with E-state index >= 15 is 0 Å². The standard InChI is InChI=1S/C10H10N2O4/c13-7-9(15)12(10(16)11-7)8(14)6-4-2-1-3-5-6/h1-5,7,9,13,15H,(H,11,16)/t7-,9-/m0/s1. The molecule has 0 aliphatic carbocycles. The summed E-state index contributed by atoms with van der Waals surface area (Å²) in [4.78, 5) is 23.7. The second-order valence-corrected chi connectivity index (χ2v) is 3.35. The van der Waals surface area contributed by atoms with E-state index in [2.05, 4.69) is 0 Å². The van der Waals surface area contributed by atoms with Crippen molar-refractivity contribution in [1.29, 1.82) is 0 Å². The highest BCUT2D eigenvalue weighted by Gasteiger charge is 2.41. The fraction of sp³-hybridized carbons (Fsp3) is 0.200. The van der Waals surface area contributed by atoms with Crippen LogP contribution in [0.15, 0.2) is 30.3 Å². The Hall–Kier alpha value is -1.92. The van der Waals surface area contributed by atoms with Crippen molar-refractivity contribution in [2.75, 3.05) is 0 Å². The van der Waals surface area contributed by atoms with E-state index in [1.54, 1.807) is 18.2 Å². The lowest BCUT2D eigenvalue weighted by Crippen LogP contribution is -2.40. The van der Waals surface area contributed by atoms with Crippen molar-refractivity contribution in [2.24, 2.45) is 0 Å². The highest BCUT2D eigenvalue weighted by molar-refractivity contribution is 6.05. The maximum Gasteiger partial charge on any atom is 0.328 e. The minimum atomic E-state index is -1.56. The van der Waals surface area contributed by atoms with Gasteiger partial charge in [0, 0.05) is 5.56 Å². The van der Waals surface area contributed by atoms with Gasteiger partial charge in [-0.1, -0.05) is 18.2 Å². The van der Waals surface area contributed by atoms with Gasteiger partial charge in [0.05, 0.1) is 0 Å². The lowest BCUT2D eigenvalue weighted by molar-refractivity contribution is -0.0263. The number of nitrogens with zero attached hydrogens (tertiary/aromatic N) is 1. The van der Waals surface area contributed by atoms with Crippen LogP contribution in [-0.2, 0) is 0 Å². The summed E-state index contributed by atoms with van der Waals surface area (Å²) in [6.45, 7) is 0. The smallest absolute Gasteiger partial charge is 0.328 e. The summed E-state index contributed by atoms with van der Waals surface area (Å²) in [5.41, 5.74) is 0.269. The van der Waals surface area contributed by atoms with Crippen molar-refractivity contribution in [2.45, 2.75) is 12.5 Å². The summed E-state index contributed by atoms with van der Waals surface area (Å²) >= 11 is 0. The average Bonchev–Trinajstić information content (AvgIpc) is 2.54. The molecule has 1 aromatic rings. The number of benzene rings is 1. The highest BCUT2D eigenvalue weighted by Crippen LogP contribution is 2.14. The Morgan fingerprint density at radius 1 is 1.25 bits per heavy atom. The minimum absolute atomic E-state index is 0.269. The van der Waals surface area contributed by atoms with Gasteiger partial charge in [-0.25, -0.2) is 9.69 Å². The molecular weight excluding hydrogens is 212 g/mol. The van der Waals surface area contributed by atoms with Gasteiger partial charge in [-0.15, -0.1) is 0 Å². The molecule has 2 atom stereocenters. The fourth-order valence-electron chi connectivity index (χ4n) is 1.46. The van der Waals surface area contributed by atoms with Gasteiger partial charge in [-0.05, 0) is 12.1 Å². The Balaban J connectivity index is 2.26. The van der Waals surface area contributed by atoms with Gasteiger partial charge in [-0.3, -0.25) is 4.79 Å². The van der Waals surface area contributed by atoms with Crippen LogP contribution >= 0.6 is 0 Å². The minimum Gasteiger partial charge on any atom is -0.369 e. The molecule has 3 N–H and O–H groups in total. The molecule has 1 saturated heterocycles. The quantitative estimate of drug-likeness (QED) is 0.597. The number of hydrogen-bond acceptors (Lipinski definition) is 4. The summed E-state index contributed by atoms with van der Waals surface area (Å²) in [6, 6.07) is 7.24. The van der Waals surface area contributed by atoms with Crippen LogP contribution in [0.3, 0.4) is 0 Å². The van der Waals surface area contributed by atoms with Crippen molar-refractivity contribution in [3.05, 3.63) is 35.9 Å². The third kappa shape index (κ3) is 1.64. The normalized spacial score (nSPS) is 24.4. The summed E-state index contributed by atoms with van der Waals surface area (Å²) in [5, 5.41) is 20.6. The molecular formula is C10H10N2O4. The summed E-state index contributed by atoms with van der Waals surface area (Å²) in [6.07, 6.45) is -3.00. The molecule has 6 nitrogen and oxygen atoms in total. The predicted molar refractivity (Wildman–Crippen MR) is 53.2 cm³/mol. The lowest BCUT2D eigenvalue weighted by atomic mass is 10.2. The van der Waals surface area contributed by atoms with Gasteiger partial charge in [0.15, 0.2) is 12.5 Å². The van der Waals surface area contributed by atoms with E-state index < -0.39 is 24.4 Å². The molecule has 1 fully saturated rings. The maximum absolute atomic E-state index is 11.8. The van der Waals surface area contributed by atoms with Gasteiger partial charge in [-0.2, -0.15) is 0 Å². The van der Waals surface area contributed by atoms with E-state index in [0.717, 1.165) is 0 Å². The second kappa shape index (κ2) is 3.92. The zero-order chi connectivity index (χ0) is 11.7. The lowest BCUT2D eigenvalue weighted by Gasteiger charge is -2.17. The number of nitrogens with one attached hydrogen (secondary N) is 1. The number of hydrogen-bond donors (Lipinski definition) is 3. The molecule has 16 heavy (non-hydrogen) atoms. The summed E-state index contributed by atoms with van der Waals surface area (Å²) < 4.78 is 0. The van der Waals surface area contributed by atoms with Crippen molar-refractivity contribution >= 4 is 11.9 Å². The van der Waals surface area contributed by atoms with Crippen molar-refractivity contribution in [3.8, 4) is 0 Å². The number of urea groups is 1. The molecule has 0 aromatic heterocycles. The predicted octanol–water partition coefficient (Wildman–Crippen LogP) is -0.511.